The molecule has 0 atom stereocenters. The predicted molar refractivity (Wildman–Crippen MR) is 66.0 cm³/mol. The molecule has 0 spiro atoms. The molecule has 0 amide bonds. The van der Waals surface area contributed by atoms with Crippen molar-refractivity contribution >= 4 is 17.3 Å². The van der Waals surface area contributed by atoms with Gasteiger partial charge in [0.05, 0.1) is 0 Å². The average molecular weight is 218 g/mol. The highest BCUT2D eigenvalue weighted by molar-refractivity contribution is 6.31. The predicted octanol–water partition coefficient (Wildman–Crippen LogP) is 3.90. The summed E-state index contributed by atoms with van der Waals surface area (Å²) < 4.78 is 0. The molecule has 0 radical (unpaired) electrons. The summed E-state index contributed by atoms with van der Waals surface area (Å²) >= 11 is 6.07. The third kappa shape index (κ3) is 1.97. The van der Waals surface area contributed by atoms with Crippen LogP contribution in [0, 0.1) is 6.92 Å². The Morgan fingerprint density at radius 1 is 1.00 bits per heavy atom. The Balaban J connectivity index is 2.54. The van der Waals surface area contributed by atoms with Crippen molar-refractivity contribution < 1.29 is 0 Å². The van der Waals surface area contributed by atoms with Gasteiger partial charge in [0.2, 0.25) is 0 Å². The number of hydrogen-bond donors (Lipinski definition) is 1. The van der Waals surface area contributed by atoms with E-state index in [1.807, 2.05) is 43.3 Å². The Bertz CT molecular complexity index is 474. The average Bonchev–Trinajstić information content (AvgIpc) is 2.24. The quantitative estimate of drug-likeness (QED) is 0.721. The summed E-state index contributed by atoms with van der Waals surface area (Å²) in [5.74, 6) is 0. The fourth-order valence-electron chi connectivity index (χ4n) is 1.58. The van der Waals surface area contributed by atoms with E-state index in [9.17, 15) is 0 Å². The maximum Gasteiger partial charge on any atom is 0.0441 e. The molecule has 15 heavy (non-hydrogen) atoms. The lowest BCUT2D eigenvalue weighted by molar-refractivity contribution is 1.46. The van der Waals surface area contributed by atoms with Crippen molar-refractivity contribution in [2.75, 3.05) is 5.73 Å². The number of halogens is 1. The summed E-state index contributed by atoms with van der Waals surface area (Å²) in [5, 5.41) is 0.796. The van der Waals surface area contributed by atoms with Gasteiger partial charge in [0.1, 0.15) is 0 Å². The van der Waals surface area contributed by atoms with Crippen molar-refractivity contribution in [2.45, 2.75) is 6.92 Å². The van der Waals surface area contributed by atoms with Crippen molar-refractivity contribution in [2.24, 2.45) is 0 Å². The number of benzene rings is 2. The SMILES string of the molecule is Cc1c(Cl)cccc1-c1ccc(N)cc1. The Morgan fingerprint density at radius 2 is 1.67 bits per heavy atom. The molecule has 1 nitrogen and oxygen atoms in total. The van der Waals surface area contributed by atoms with Crippen molar-refractivity contribution in [1.29, 1.82) is 0 Å². The fourth-order valence-corrected chi connectivity index (χ4v) is 1.76. The minimum atomic E-state index is 0.776. The van der Waals surface area contributed by atoms with Crippen LogP contribution < -0.4 is 5.73 Å². The zero-order valence-electron chi connectivity index (χ0n) is 8.50. The van der Waals surface area contributed by atoms with Crippen LogP contribution in [0.25, 0.3) is 11.1 Å². The second kappa shape index (κ2) is 3.95. The summed E-state index contributed by atoms with van der Waals surface area (Å²) in [7, 11) is 0. The maximum absolute atomic E-state index is 6.07. The summed E-state index contributed by atoms with van der Waals surface area (Å²) in [4.78, 5) is 0. The molecule has 2 rings (SSSR count). The molecular formula is C13H12ClN. The van der Waals surface area contributed by atoms with Gasteiger partial charge in [-0.2, -0.15) is 0 Å². The van der Waals surface area contributed by atoms with E-state index >= 15 is 0 Å². The lowest BCUT2D eigenvalue weighted by Crippen LogP contribution is -1.86. The molecule has 2 aromatic carbocycles. The minimum Gasteiger partial charge on any atom is -0.399 e. The first-order valence-corrected chi connectivity index (χ1v) is 5.17. The molecule has 2 N–H and O–H groups in total. The zero-order chi connectivity index (χ0) is 10.8. The van der Waals surface area contributed by atoms with Crippen molar-refractivity contribution in [1.82, 2.24) is 0 Å². The Morgan fingerprint density at radius 3 is 2.33 bits per heavy atom. The molecule has 0 unspecified atom stereocenters. The molecule has 0 saturated heterocycles. The van der Waals surface area contributed by atoms with E-state index in [4.69, 9.17) is 17.3 Å². The van der Waals surface area contributed by atoms with E-state index < -0.39 is 0 Å². The highest BCUT2D eigenvalue weighted by atomic mass is 35.5. The molecular weight excluding hydrogens is 206 g/mol. The van der Waals surface area contributed by atoms with Crippen molar-refractivity contribution in [3.05, 3.63) is 53.1 Å². The van der Waals surface area contributed by atoms with Crippen LogP contribution in [0.1, 0.15) is 5.56 Å². The van der Waals surface area contributed by atoms with Gasteiger partial charge in [-0.15, -0.1) is 0 Å². The van der Waals surface area contributed by atoms with E-state index in [-0.39, 0.29) is 0 Å². The molecule has 2 heteroatoms. The Hall–Kier alpha value is -1.47. The highest BCUT2D eigenvalue weighted by Crippen LogP contribution is 2.28. The number of nitrogen functional groups attached to an aromatic ring is 1. The van der Waals surface area contributed by atoms with E-state index in [1.54, 1.807) is 0 Å². The smallest absolute Gasteiger partial charge is 0.0441 e. The largest absolute Gasteiger partial charge is 0.399 e. The van der Waals surface area contributed by atoms with Gasteiger partial charge in [0.15, 0.2) is 0 Å². The van der Waals surface area contributed by atoms with E-state index in [1.165, 1.54) is 0 Å². The van der Waals surface area contributed by atoms with Gasteiger partial charge in [0, 0.05) is 10.7 Å². The van der Waals surface area contributed by atoms with Gasteiger partial charge < -0.3 is 5.73 Å². The first-order chi connectivity index (χ1) is 7.18. The van der Waals surface area contributed by atoms with Crippen LogP contribution in [0.15, 0.2) is 42.5 Å². The maximum atomic E-state index is 6.07. The van der Waals surface area contributed by atoms with Crippen LogP contribution in [-0.2, 0) is 0 Å². The number of anilines is 1. The fraction of sp³-hybridized carbons (Fsp3) is 0.0769. The first-order valence-electron chi connectivity index (χ1n) is 4.79. The lowest BCUT2D eigenvalue weighted by Gasteiger charge is -2.07. The van der Waals surface area contributed by atoms with E-state index in [2.05, 4.69) is 6.07 Å². The second-order valence-electron chi connectivity index (χ2n) is 3.53. The normalized spacial score (nSPS) is 10.3. The van der Waals surface area contributed by atoms with Gasteiger partial charge in [-0.25, -0.2) is 0 Å². The van der Waals surface area contributed by atoms with Crippen molar-refractivity contribution in [3.8, 4) is 11.1 Å². The molecule has 0 aliphatic heterocycles. The molecule has 0 aliphatic carbocycles. The van der Waals surface area contributed by atoms with Gasteiger partial charge in [0.25, 0.3) is 0 Å². The van der Waals surface area contributed by atoms with Crippen LogP contribution in [0.5, 0.6) is 0 Å². The Kier molecular flexibility index (Phi) is 2.65. The van der Waals surface area contributed by atoms with Crippen LogP contribution in [0.4, 0.5) is 5.69 Å². The summed E-state index contributed by atoms with van der Waals surface area (Å²) in [6.45, 7) is 2.02. The lowest BCUT2D eigenvalue weighted by atomic mass is 10.0. The Labute approximate surface area is 94.5 Å². The molecule has 0 aliphatic rings. The monoisotopic (exact) mass is 217 g/mol. The van der Waals surface area contributed by atoms with Gasteiger partial charge >= 0.3 is 0 Å². The molecule has 0 heterocycles. The molecule has 76 valence electrons. The van der Waals surface area contributed by atoms with Gasteiger partial charge in [-0.05, 0) is 41.8 Å². The number of hydrogen-bond acceptors (Lipinski definition) is 1. The highest BCUT2D eigenvalue weighted by Gasteiger charge is 2.03. The zero-order valence-corrected chi connectivity index (χ0v) is 9.25. The first kappa shape index (κ1) is 10.1. The van der Waals surface area contributed by atoms with Gasteiger partial charge in [-0.3, -0.25) is 0 Å². The number of nitrogens with two attached hydrogens (primary N) is 1. The van der Waals surface area contributed by atoms with Crippen molar-refractivity contribution in [3.63, 3.8) is 0 Å². The second-order valence-corrected chi connectivity index (χ2v) is 3.94. The topological polar surface area (TPSA) is 26.0 Å². The van der Waals surface area contributed by atoms with Crippen LogP contribution in [0.2, 0.25) is 5.02 Å². The van der Waals surface area contributed by atoms with E-state index in [0.29, 0.717) is 0 Å². The molecule has 0 saturated carbocycles. The molecule has 0 bridgehead atoms. The summed E-state index contributed by atoms with van der Waals surface area (Å²) in [6, 6.07) is 13.7. The van der Waals surface area contributed by atoms with E-state index in [0.717, 1.165) is 27.4 Å². The third-order valence-corrected chi connectivity index (χ3v) is 2.90. The van der Waals surface area contributed by atoms with Crippen LogP contribution in [0.3, 0.4) is 0 Å². The number of rotatable bonds is 1. The van der Waals surface area contributed by atoms with Crippen LogP contribution in [-0.4, -0.2) is 0 Å². The third-order valence-electron chi connectivity index (χ3n) is 2.49. The molecule has 0 fully saturated rings. The standard InChI is InChI=1S/C13H12ClN/c1-9-12(3-2-4-13(9)14)10-5-7-11(15)8-6-10/h2-8H,15H2,1H3. The summed E-state index contributed by atoms with van der Waals surface area (Å²) in [5.41, 5.74) is 9.82. The van der Waals surface area contributed by atoms with Crippen LogP contribution >= 0.6 is 11.6 Å². The molecule has 0 aromatic heterocycles. The summed E-state index contributed by atoms with van der Waals surface area (Å²) in [6.07, 6.45) is 0. The molecule has 2 aromatic rings. The van der Waals surface area contributed by atoms with Gasteiger partial charge in [-0.1, -0.05) is 35.9 Å². The minimum absolute atomic E-state index is 0.776.